The minimum atomic E-state index is -0.423. The van der Waals surface area contributed by atoms with Crippen molar-refractivity contribution in [2.75, 3.05) is 5.32 Å². The average molecular weight is 236 g/mol. The molecule has 0 aliphatic heterocycles. The molecule has 1 aromatic heterocycles. The Morgan fingerprint density at radius 1 is 1.38 bits per heavy atom. The molecule has 0 saturated heterocycles. The third-order valence-corrected chi connectivity index (χ3v) is 3.66. The number of hydrogen-bond acceptors (Lipinski definition) is 4. The highest BCUT2D eigenvalue weighted by molar-refractivity contribution is 7.11. The number of rotatable bonds is 3. The van der Waals surface area contributed by atoms with Gasteiger partial charge >= 0.3 is 0 Å². The van der Waals surface area contributed by atoms with Crippen molar-refractivity contribution in [3.63, 3.8) is 0 Å². The van der Waals surface area contributed by atoms with E-state index in [-0.39, 0.29) is 5.54 Å². The van der Waals surface area contributed by atoms with E-state index in [9.17, 15) is 5.11 Å². The highest BCUT2D eigenvalue weighted by Crippen LogP contribution is 2.30. The summed E-state index contributed by atoms with van der Waals surface area (Å²) in [7, 11) is 0. The van der Waals surface area contributed by atoms with Gasteiger partial charge in [-0.05, 0) is 44.4 Å². The van der Waals surface area contributed by atoms with Crippen molar-refractivity contribution in [2.45, 2.75) is 32.4 Å². The largest absolute Gasteiger partial charge is 0.391 e. The first-order valence-corrected chi connectivity index (χ1v) is 6.09. The van der Waals surface area contributed by atoms with Crippen LogP contribution in [0.5, 0.6) is 0 Å². The van der Waals surface area contributed by atoms with Crippen LogP contribution in [0.15, 0.2) is 24.3 Å². The number of aliphatic hydroxyl groups excluding tert-OH is 1. The number of nitrogens with one attached hydrogen (secondary N) is 1. The van der Waals surface area contributed by atoms with Crippen LogP contribution in [0.4, 0.5) is 5.00 Å². The van der Waals surface area contributed by atoms with E-state index in [1.165, 1.54) is 11.5 Å². The molecular formula is C12H16N2OS. The normalized spacial score (nSPS) is 14.0. The minimum absolute atomic E-state index is 0.352. The third-order valence-electron chi connectivity index (χ3n) is 2.86. The number of benzene rings is 1. The Kier molecular flexibility index (Phi) is 2.86. The van der Waals surface area contributed by atoms with Gasteiger partial charge in [0.2, 0.25) is 0 Å². The smallest absolute Gasteiger partial charge is 0.117 e. The fourth-order valence-electron chi connectivity index (χ4n) is 1.38. The average Bonchev–Trinajstić information content (AvgIpc) is 2.61. The summed E-state index contributed by atoms with van der Waals surface area (Å²) in [6, 6.07) is 8.01. The zero-order valence-electron chi connectivity index (χ0n) is 9.69. The molecule has 0 amide bonds. The number of anilines is 1. The predicted octanol–water partition coefficient (Wildman–Crippen LogP) is 2.87. The van der Waals surface area contributed by atoms with E-state index in [1.807, 2.05) is 38.1 Å². The topological polar surface area (TPSA) is 45.1 Å². The van der Waals surface area contributed by atoms with Gasteiger partial charge in [0, 0.05) is 5.39 Å². The zero-order valence-corrected chi connectivity index (χ0v) is 10.5. The lowest BCUT2D eigenvalue weighted by Gasteiger charge is -2.29. The van der Waals surface area contributed by atoms with Gasteiger partial charge in [-0.15, -0.1) is 0 Å². The molecule has 1 atom stereocenters. The van der Waals surface area contributed by atoms with E-state index < -0.39 is 6.10 Å². The van der Waals surface area contributed by atoms with Gasteiger partial charge in [0.05, 0.1) is 17.2 Å². The van der Waals surface area contributed by atoms with E-state index in [1.54, 1.807) is 6.92 Å². The van der Waals surface area contributed by atoms with E-state index in [0.29, 0.717) is 0 Å². The van der Waals surface area contributed by atoms with E-state index in [2.05, 4.69) is 9.69 Å². The Balaban J connectivity index is 2.35. The van der Waals surface area contributed by atoms with Gasteiger partial charge in [0.1, 0.15) is 5.00 Å². The third kappa shape index (κ3) is 2.03. The lowest BCUT2D eigenvalue weighted by molar-refractivity contribution is 0.133. The summed E-state index contributed by atoms with van der Waals surface area (Å²) in [6.45, 7) is 5.74. The standard InChI is InChI=1S/C12H16N2OS/c1-8(15)12(2,3)13-11-9-6-4-5-7-10(9)14-16-11/h4-8,13,15H,1-3H3. The molecule has 4 heteroatoms. The van der Waals surface area contributed by atoms with Gasteiger partial charge in [-0.25, -0.2) is 0 Å². The van der Waals surface area contributed by atoms with Crippen molar-refractivity contribution >= 4 is 27.4 Å². The molecule has 1 aromatic carbocycles. The molecule has 1 unspecified atom stereocenters. The summed E-state index contributed by atoms with van der Waals surface area (Å²) < 4.78 is 4.36. The SMILES string of the molecule is CC(O)C(C)(C)Nc1snc2ccccc12. The van der Waals surface area contributed by atoms with Gasteiger partial charge in [0.15, 0.2) is 0 Å². The fraction of sp³-hybridized carbons (Fsp3) is 0.417. The Morgan fingerprint density at radius 3 is 2.75 bits per heavy atom. The van der Waals surface area contributed by atoms with Crippen LogP contribution in [0.25, 0.3) is 10.9 Å². The molecule has 86 valence electrons. The van der Waals surface area contributed by atoms with E-state index in [0.717, 1.165) is 15.9 Å². The maximum Gasteiger partial charge on any atom is 0.117 e. The lowest BCUT2D eigenvalue weighted by Crippen LogP contribution is -2.41. The quantitative estimate of drug-likeness (QED) is 0.861. The van der Waals surface area contributed by atoms with Gasteiger partial charge < -0.3 is 10.4 Å². The van der Waals surface area contributed by atoms with Crippen molar-refractivity contribution in [3.8, 4) is 0 Å². The Morgan fingerprint density at radius 2 is 2.06 bits per heavy atom. The van der Waals surface area contributed by atoms with Gasteiger partial charge in [-0.1, -0.05) is 12.1 Å². The number of aliphatic hydroxyl groups is 1. The second-order valence-electron chi connectivity index (χ2n) is 4.55. The summed E-state index contributed by atoms with van der Waals surface area (Å²) in [6.07, 6.45) is -0.423. The molecule has 2 rings (SSSR count). The second kappa shape index (κ2) is 4.03. The molecule has 1 heterocycles. The number of hydrogen-bond donors (Lipinski definition) is 2. The summed E-state index contributed by atoms with van der Waals surface area (Å²) in [5.41, 5.74) is 0.645. The molecule has 0 radical (unpaired) electrons. The first kappa shape index (κ1) is 11.4. The Hall–Kier alpha value is -1.13. The number of aromatic nitrogens is 1. The van der Waals surface area contributed by atoms with Gasteiger partial charge in [-0.3, -0.25) is 0 Å². The van der Waals surface area contributed by atoms with Crippen LogP contribution in [-0.2, 0) is 0 Å². The first-order chi connectivity index (χ1) is 7.50. The molecule has 0 saturated carbocycles. The highest BCUT2D eigenvalue weighted by Gasteiger charge is 2.25. The Bertz CT molecular complexity index is 490. The van der Waals surface area contributed by atoms with Crippen LogP contribution in [-0.4, -0.2) is 21.1 Å². The van der Waals surface area contributed by atoms with Crippen LogP contribution < -0.4 is 5.32 Å². The number of fused-ring (bicyclic) bond motifs is 1. The van der Waals surface area contributed by atoms with Crippen LogP contribution in [0.2, 0.25) is 0 Å². The Labute approximate surface area is 99.3 Å². The minimum Gasteiger partial charge on any atom is -0.391 e. The van der Waals surface area contributed by atoms with Crippen molar-refractivity contribution in [1.29, 1.82) is 0 Å². The van der Waals surface area contributed by atoms with Crippen molar-refractivity contribution in [3.05, 3.63) is 24.3 Å². The van der Waals surface area contributed by atoms with Gasteiger partial charge in [0.25, 0.3) is 0 Å². The zero-order chi connectivity index (χ0) is 11.8. The van der Waals surface area contributed by atoms with Crippen LogP contribution >= 0.6 is 11.5 Å². The van der Waals surface area contributed by atoms with Gasteiger partial charge in [-0.2, -0.15) is 4.37 Å². The summed E-state index contributed by atoms with van der Waals surface area (Å²) in [5, 5.41) is 15.1. The maximum atomic E-state index is 9.67. The molecule has 16 heavy (non-hydrogen) atoms. The lowest BCUT2D eigenvalue weighted by atomic mass is 9.99. The van der Waals surface area contributed by atoms with Crippen molar-refractivity contribution < 1.29 is 5.11 Å². The monoisotopic (exact) mass is 236 g/mol. The molecule has 0 aliphatic rings. The predicted molar refractivity (Wildman–Crippen MR) is 69.0 cm³/mol. The first-order valence-electron chi connectivity index (χ1n) is 5.31. The summed E-state index contributed by atoms with van der Waals surface area (Å²) in [4.78, 5) is 0. The molecule has 2 N–H and O–H groups in total. The molecule has 0 fully saturated rings. The van der Waals surface area contributed by atoms with Crippen molar-refractivity contribution in [2.24, 2.45) is 0 Å². The van der Waals surface area contributed by atoms with Crippen LogP contribution in [0, 0.1) is 0 Å². The molecule has 0 spiro atoms. The second-order valence-corrected chi connectivity index (χ2v) is 5.32. The summed E-state index contributed by atoms with van der Waals surface area (Å²) in [5.74, 6) is 0. The molecule has 2 aromatic rings. The molecule has 0 bridgehead atoms. The summed E-state index contributed by atoms with van der Waals surface area (Å²) >= 11 is 1.43. The van der Waals surface area contributed by atoms with Crippen molar-refractivity contribution in [1.82, 2.24) is 4.37 Å². The van der Waals surface area contributed by atoms with Crippen LogP contribution in [0.3, 0.4) is 0 Å². The molecular weight excluding hydrogens is 220 g/mol. The number of nitrogens with zero attached hydrogens (tertiary/aromatic N) is 1. The highest BCUT2D eigenvalue weighted by atomic mass is 32.1. The van der Waals surface area contributed by atoms with Crippen LogP contribution in [0.1, 0.15) is 20.8 Å². The van der Waals surface area contributed by atoms with E-state index in [4.69, 9.17) is 0 Å². The van der Waals surface area contributed by atoms with E-state index >= 15 is 0 Å². The molecule has 0 aliphatic carbocycles. The molecule has 3 nitrogen and oxygen atoms in total. The maximum absolute atomic E-state index is 9.67. The fourth-order valence-corrected chi connectivity index (χ4v) is 2.30.